The van der Waals surface area contributed by atoms with Crippen molar-refractivity contribution < 1.29 is 0 Å². The molecule has 58 heavy (non-hydrogen) atoms. The van der Waals surface area contributed by atoms with Crippen molar-refractivity contribution in [1.29, 1.82) is 0 Å². The molecule has 1 aliphatic rings. The standard InChI is InChI=1S/C58H38/c1-5-17-39(18-6-1)52-38-53(57(42-21-9-3-10-22-42)58(43-23-11-4-12-24-43)56(52)41-19-7-2-8-20-41)48-30-14-29-46(36-48)44-27-13-28-45(35-44)47-33-34-49-50-31-15-25-40-26-16-32-51(55(40)50)54(49)37-47/h1-38H. The average molecular weight is 735 g/mol. The lowest BCUT2D eigenvalue weighted by molar-refractivity contribution is 1.52. The third-order valence-corrected chi connectivity index (χ3v) is 11.8. The van der Waals surface area contributed by atoms with Gasteiger partial charge in [-0.1, -0.05) is 206 Å². The van der Waals surface area contributed by atoms with Crippen molar-refractivity contribution in [2.24, 2.45) is 0 Å². The molecule has 0 radical (unpaired) electrons. The summed E-state index contributed by atoms with van der Waals surface area (Å²) in [5.41, 5.74) is 22.2. The largest absolute Gasteiger partial charge is 0.0622 e. The van der Waals surface area contributed by atoms with E-state index in [1.807, 2.05) is 0 Å². The molecule has 10 aromatic rings. The van der Waals surface area contributed by atoms with Crippen LogP contribution < -0.4 is 0 Å². The van der Waals surface area contributed by atoms with Crippen molar-refractivity contribution in [3.8, 4) is 100 Å². The molecule has 10 aromatic carbocycles. The van der Waals surface area contributed by atoms with E-state index in [2.05, 4.69) is 231 Å². The van der Waals surface area contributed by atoms with Crippen LogP contribution in [0.1, 0.15) is 0 Å². The molecule has 0 heteroatoms. The summed E-state index contributed by atoms with van der Waals surface area (Å²) < 4.78 is 0. The fourth-order valence-electron chi connectivity index (χ4n) is 9.17. The Kier molecular flexibility index (Phi) is 8.26. The predicted octanol–water partition coefficient (Wildman–Crippen LogP) is 16.2. The Morgan fingerprint density at radius 1 is 0.172 bits per heavy atom. The van der Waals surface area contributed by atoms with Crippen molar-refractivity contribution in [3.05, 3.63) is 231 Å². The van der Waals surface area contributed by atoms with Gasteiger partial charge in [0, 0.05) is 0 Å². The van der Waals surface area contributed by atoms with E-state index in [0.717, 1.165) is 0 Å². The molecule has 0 amide bonds. The van der Waals surface area contributed by atoms with Crippen LogP contribution in [0.3, 0.4) is 0 Å². The maximum absolute atomic E-state index is 2.44. The van der Waals surface area contributed by atoms with Gasteiger partial charge in [0.2, 0.25) is 0 Å². The number of benzene rings is 10. The van der Waals surface area contributed by atoms with Gasteiger partial charge < -0.3 is 0 Å². The highest BCUT2D eigenvalue weighted by Gasteiger charge is 2.24. The van der Waals surface area contributed by atoms with Gasteiger partial charge in [-0.05, 0) is 135 Å². The maximum atomic E-state index is 2.44. The van der Waals surface area contributed by atoms with Gasteiger partial charge >= 0.3 is 0 Å². The normalized spacial score (nSPS) is 11.4. The fraction of sp³-hybridized carbons (Fsp3) is 0. The van der Waals surface area contributed by atoms with E-state index in [1.54, 1.807) is 0 Å². The Hall–Kier alpha value is -7.54. The molecule has 0 fully saturated rings. The van der Waals surface area contributed by atoms with Crippen LogP contribution in [0.15, 0.2) is 231 Å². The SMILES string of the molecule is c1ccc(-c2cc(-c3cccc(-c4cccc(-c5ccc6c(c5)-c5cccc7cccc-6c57)c4)c3)c(-c3ccccc3)c(-c3ccccc3)c2-c2ccccc2)cc1. The topological polar surface area (TPSA) is 0 Å². The molecule has 0 aliphatic heterocycles. The van der Waals surface area contributed by atoms with Crippen molar-refractivity contribution in [3.63, 3.8) is 0 Å². The molecule has 0 unspecified atom stereocenters. The van der Waals surface area contributed by atoms with E-state index >= 15 is 0 Å². The van der Waals surface area contributed by atoms with E-state index < -0.39 is 0 Å². The average Bonchev–Trinajstić information content (AvgIpc) is 3.63. The Balaban J connectivity index is 1.10. The lowest BCUT2D eigenvalue weighted by atomic mass is 9.78. The minimum Gasteiger partial charge on any atom is -0.0622 e. The molecule has 0 bridgehead atoms. The fourth-order valence-corrected chi connectivity index (χ4v) is 9.17. The van der Waals surface area contributed by atoms with Crippen LogP contribution in [0.2, 0.25) is 0 Å². The second-order valence-corrected chi connectivity index (χ2v) is 15.2. The monoisotopic (exact) mass is 734 g/mol. The van der Waals surface area contributed by atoms with E-state index in [9.17, 15) is 0 Å². The second kappa shape index (κ2) is 14.2. The lowest BCUT2D eigenvalue weighted by Crippen LogP contribution is -1.98. The van der Waals surface area contributed by atoms with Gasteiger partial charge in [0.25, 0.3) is 0 Å². The highest BCUT2D eigenvalue weighted by Crippen LogP contribution is 2.51. The Morgan fingerprint density at radius 3 is 1.12 bits per heavy atom. The summed E-state index contributed by atoms with van der Waals surface area (Å²) in [6.07, 6.45) is 0. The first-order chi connectivity index (χ1) is 28.8. The first kappa shape index (κ1) is 33.8. The van der Waals surface area contributed by atoms with Crippen molar-refractivity contribution in [1.82, 2.24) is 0 Å². The minimum atomic E-state index is 1.18. The van der Waals surface area contributed by atoms with Crippen molar-refractivity contribution in [2.45, 2.75) is 0 Å². The summed E-state index contributed by atoms with van der Waals surface area (Å²) in [5, 5.41) is 2.66. The summed E-state index contributed by atoms with van der Waals surface area (Å²) in [7, 11) is 0. The molecule has 0 atom stereocenters. The number of hydrogen-bond acceptors (Lipinski definition) is 0. The van der Waals surface area contributed by atoms with Gasteiger partial charge in [-0.15, -0.1) is 0 Å². The molecule has 1 aliphatic carbocycles. The highest BCUT2D eigenvalue weighted by atomic mass is 14.3. The number of rotatable bonds is 7. The van der Waals surface area contributed by atoms with Gasteiger partial charge in [0.1, 0.15) is 0 Å². The van der Waals surface area contributed by atoms with Crippen molar-refractivity contribution >= 4 is 10.8 Å². The van der Waals surface area contributed by atoms with Gasteiger partial charge in [-0.3, -0.25) is 0 Å². The summed E-state index contributed by atoms with van der Waals surface area (Å²) in [4.78, 5) is 0. The third-order valence-electron chi connectivity index (χ3n) is 11.8. The van der Waals surface area contributed by atoms with Gasteiger partial charge in [0.15, 0.2) is 0 Å². The third kappa shape index (κ3) is 5.78. The first-order valence-corrected chi connectivity index (χ1v) is 20.1. The van der Waals surface area contributed by atoms with Gasteiger partial charge in [-0.25, -0.2) is 0 Å². The minimum absolute atomic E-state index is 1.18. The number of hydrogen-bond donors (Lipinski definition) is 0. The predicted molar refractivity (Wildman–Crippen MR) is 246 cm³/mol. The highest BCUT2D eigenvalue weighted by molar-refractivity contribution is 6.15. The van der Waals surface area contributed by atoms with Crippen LogP contribution in [-0.4, -0.2) is 0 Å². The van der Waals surface area contributed by atoms with E-state index in [0.29, 0.717) is 0 Å². The summed E-state index contributed by atoms with van der Waals surface area (Å²) in [6.45, 7) is 0. The quantitative estimate of drug-likeness (QED) is 0.153. The number of fused-ring (bicyclic) bond motifs is 3. The zero-order valence-electron chi connectivity index (χ0n) is 31.9. The maximum Gasteiger partial charge on any atom is -0.00143 e. The second-order valence-electron chi connectivity index (χ2n) is 15.2. The molecule has 0 aromatic heterocycles. The van der Waals surface area contributed by atoms with Crippen LogP contribution in [0.25, 0.3) is 111 Å². The van der Waals surface area contributed by atoms with Crippen LogP contribution in [0.5, 0.6) is 0 Å². The van der Waals surface area contributed by atoms with Gasteiger partial charge in [-0.2, -0.15) is 0 Å². The Bertz CT molecular complexity index is 3120. The zero-order chi connectivity index (χ0) is 38.4. The summed E-state index contributed by atoms with van der Waals surface area (Å²) in [6, 6.07) is 84.5. The molecule has 0 saturated carbocycles. The van der Waals surface area contributed by atoms with Crippen LogP contribution in [0, 0.1) is 0 Å². The molecular weight excluding hydrogens is 697 g/mol. The molecule has 0 heterocycles. The molecule has 0 saturated heterocycles. The van der Waals surface area contributed by atoms with Crippen LogP contribution in [-0.2, 0) is 0 Å². The first-order valence-electron chi connectivity index (χ1n) is 20.1. The summed E-state index contributed by atoms with van der Waals surface area (Å²) >= 11 is 0. The van der Waals surface area contributed by atoms with Crippen LogP contribution >= 0.6 is 0 Å². The molecule has 0 N–H and O–H groups in total. The molecule has 11 rings (SSSR count). The smallest absolute Gasteiger partial charge is 0.00143 e. The van der Waals surface area contributed by atoms with E-state index in [4.69, 9.17) is 0 Å². The molecule has 270 valence electrons. The zero-order valence-corrected chi connectivity index (χ0v) is 31.9. The lowest BCUT2D eigenvalue weighted by Gasteiger charge is -2.24. The molecular formula is C58H38. The van der Waals surface area contributed by atoms with Crippen LogP contribution in [0.4, 0.5) is 0 Å². The summed E-state index contributed by atoms with van der Waals surface area (Å²) in [5.74, 6) is 0. The Morgan fingerprint density at radius 2 is 0.569 bits per heavy atom. The molecule has 0 nitrogen and oxygen atoms in total. The van der Waals surface area contributed by atoms with Crippen molar-refractivity contribution in [2.75, 3.05) is 0 Å². The van der Waals surface area contributed by atoms with Gasteiger partial charge in [0.05, 0.1) is 0 Å². The molecule has 0 spiro atoms. The Labute approximate surface area is 340 Å². The van der Waals surface area contributed by atoms with E-state index in [1.165, 1.54) is 111 Å². The van der Waals surface area contributed by atoms with E-state index in [-0.39, 0.29) is 0 Å².